The summed E-state index contributed by atoms with van der Waals surface area (Å²) in [4.78, 5) is 20.9. The number of pyridine rings is 1. The molecule has 1 amide bonds. The van der Waals surface area contributed by atoms with Gasteiger partial charge in [-0.25, -0.2) is 9.37 Å². The number of methoxy groups -OCH3 is 3. The third kappa shape index (κ3) is 4.88. The smallest absolute Gasteiger partial charge is 0.244 e. The number of H-pyrrole nitrogens is 1. The van der Waals surface area contributed by atoms with Crippen molar-refractivity contribution < 1.29 is 23.4 Å². The molecule has 2 heterocycles. The molecule has 7 nitrogen and oxygen atoms in total. The summed E-state index contributed by atoms with van der Waals surface area (Å²) in [6.07, 6.45) is 3.09. The monoisotopic (exact) mass is 511 g/mol. The van der Waals surface area contributed by atoms with Gasteiger partial charge < -0.3 is 24.5 Å². The molecule has 0 unspecified atom stereocenters. The van der Waals surface area contributed by atoms with Crippen molar-refractivity contribution in [2.24, 2.45) is 0 Å². The number of hydrogen-bond donors (Lipinski definition) is 2. The second kappa shape index (κ2) is 10.6. The molecule has 3 aromatic carbocycles. The molecule has 0 aliphatic carbocycles. The minimum atomic E-state index is -0.343. The van der Waals surface area contributed by atoms with Crippen molar-refractivity contribution in [2.75, 3.05) is 21.3 Å². The maximum absolute atomic E-state index is 14.0. The number of fused-ring (bicyclic) bond motifs is 3. The number of carbonyl (C=O) groups excluding carboxylic acids is 1. The van der Waals surface area contributed by atoms with E-state index in [-0.39, 0.29) is 18.3 Å². The second-order valence-electron chi connectivity index (χ2n) is 8.58. The molecule has 5 aromatic rings. The van der Waals surface area contributed by atoms with Crippen LogP contribution in [0.3, 0.4) is 0 Å². The third-order valence-corrected chi connectivity index (χ3v) is 6.21. The van der Waals surface area contributed by atoms with Crippen molar-refractivity contribution in [3.8, 4) is 28.5 Å². The van der Waals surface area contributed by atoms with Crippen LogP contribution in [0.2, 0.25) is 0 Å². The highest BCUT2D eigenvalue weighted by atomic mass is 19.1. The van der Waals surface area contributed by atoms with Gasteiger partial charge in [-0.2, -0.15) is 0 Å². The van der Waals surface area contributed by atoms with Gasteiger partial charge in [-0.15, -0.1) is 0 Å². The van der Waals surface area contributed by atoms with Crippen molar-refractivity contribution in [3.05, 3.63) is 89.9 Å². The zero-order valence-corrected chi connectivity index (χ0v) is 21.2. The Morgan fingerprint density at radius 2 is 1.71 bits per heavy atom. The summed E-state index contributed by atoms with van der Waals surface area (Å²) in [5.41, 5.74) is 4.40. The Balaban J connectivity index is 1.43. The highest BCUT2D eigenvalue weighted by Crippen LogP contribution is 2.38. The van der Waals surface area contributed by atoms with E-state index in [2.05, 4.69) is 10.3 Å². The van der Waals surface area contributed by atoms with Crippen molar-refractivity contribution in [1.82, 2.24) is 15.3 Å². The minimum absolute atomic E-state index is 0.191. The molecular formula is C30H26FN3O4. The number of para-hydroxylation sites is 1. The van der Waals surface area contributed by atoms with E-state index in [1.807, 2.05) is 36.4 Å². The lowest BCUT2D eigenvalue weighted by molar-refractivity contribution is -0.116. The molecule has 2 aromatic heterocycles. The molecule has 2 N–H and O–H groups in total. The molecule has 192 valence electrons. The molecule has 0 spiro atoms. The predicted molar refractivity (Wildman–Crippen MR) is 146 cm³/mol. The van der Waals surface area contributed by atoms with Gasteiger partial charge in [0.15, 0.2) is 11.5 Å². The first kappa shape index (κ1) is 24.8. The minimum Gasteiger partial charge on any atom is -0.493 e. The quantitative estimate of drug-likeness (QED) is 0.254. The molecule has 0 radical (unpaired) electrons. The number of aromatic amines is 1. The Bertz CT molecular complexity index is 1650. The zero-order chi connectivity index (χ0) is 26.6. The van der Waals surface area contributed by atoms with Gasteiger partial charge in [-0.05, 0) is 48.0 Å². The summed E-state index contributed by atoms with van der Waals surface area (Å²) >= 11 is 0. The number of carbonyl (C=O) groups is 1. The van der Waals surface area contributed by atoms with Gasteiger partial charge in [0.25, 0.3) is 0 Å². The number of nitrogens with zero attached hydrogens (tertiary/aromatic N) is 1. The molecular weight excluding hydrogens is 485 g/mol. The summed E-state index contributed by atoms with van der Waals surface area (Å²) in [5.74, 6) is 0.821. The maximum atomic E-state index is 14.0. The lowest BCUT2D eigenvalue weighted by atomic mass is 10.1. The number of amides is 1. The van der Waals surface area contributed by atoms with Gasteiger partial charge in [0.1, 0.15) is 5.82 Å². The van der Waals surface area contributed by atoms with E-state index in [9.17, 15) is 9.18 Å². The lowest BCUT2D eigenvalue weighted by Gasteiger charge is -2.12. The van der Waals surface area contributed by atoms with Crippen LogP contribution < -0.4 is 19.5 Å². The number of aromatic nitrogens is 2. The summed E-state index contributed by atoms with van der Waals surface area (Å²) in [5, 5.41) is 4.86. The van der Waals surface area contributed by atoms with Gasteiger partial charge in [-0.1, -0.05) is 30.3 Å². The van der Waals surface area contributed by atoms with E-state index in [1.54, 1.807) is 24.3 Å². The number of rotatable bonds is 8. The third-order valence-electron chi connectivity index (χ3n) is 6.21. The molecule has 0 aliphatic heterocycles. The van der Waals surface area contributed by atoms with Crippen LogP contribution in [-0.4, -0.2) is 37.2 Å². The molecule has 0 saturated heterocycles. The topological polar surface area (TPSA) is 85.5 Å². The van der Waals surface area contributed by atoms with E-state index in [0.29, 0.717) is 39.8 Å². The molecule has 0 saturated carbocycles. The number of halogens is 1. The van der Waals surface area contributed by atoms with Crippen LogP contribution in [0.5, 0.6) is 17.2 Å². The van der Waals surface area contributed by atoms with Crippen LogP contribution in [0.4, 0.5) is 4.39 Å². The fourth-order valence-corrected chi connectivity index (χ4v) is 4.44. The molecule has 8 heteroatoms. The number of benzene rings is 3. The van der Waals surface area contributed by atoms with E-state index >= 15 is 0 Å². The SMILES string of the molecule is COc1cc(/C=C/C(=O)NCc2cc3c([nH]c4ccccc43)c(-c3cccc(F)c3)n2)cc(OC)c1OC. The largest absolute Gasteiger partial charge is 0.493 e. The average molecular weight is 512 g/mol. The normalized spacial score (nSPS) is 11.3. The van der Waals surface area contributed by atoms with Gasteiger partial charge in [-0.3, -0.25) is 4.79 Å². The molecule has 38 heavy (non-hydrogen) atoms. The Labute approximate surface area is 218 Å². The van der Waals surface area contributed by atoms with E-state index in [4.69, 9.17) is 19.2 Å². The summed E-state index contributed by atoms with van der Waals surface area (Å²) in [7, 11) is 4.60. The maximum Gasteiger partial charge on any atom is 0.244 e. The first-order valence-electron chi connectivity index (χ1n) is 11.9. The number of hydrogen-bond acceptors (Lipinski definition) is 5. The van der Waals surface area contributed by atoms with Crippen LogP contribution in [0, 0.1) is 5.82 Å². The van der Waals surface area contributed by atoms with Crippen molar-refractivity contribution in [2.45, 2.75) is 6.54 Å². The van der Waals surface area contributed by atoms with Gasteiger partial charge >= 0.3 is 0 Å². The molecule has 5 rings (SSSR count). The Hall–Kier alpha value is -4.85. The highest BCUT2D eigenvalue weighted by molar-refractivity contribution is 6.11. The number of nitrogens with one attached hydrogen (secondary N) is 2. The summed E-state index contributed by atoms with van der Waals surface area (Å²) < 4.78 is 30.1. The first-order valence-corrected chi connectivity index (χ1v) is 11.9. The van der Waals surface area contributed by atoms with Crippen LogP contribution in [0.15, 0.2) is 72.8 Å². The second-order valence-corrected chi connectivity index (χ2v) is 8.58. The van der Waals surface area contributed by atoms with Crippen LogP contribution in [0.25, 0.3) is 39.1 Å². The molecule has 0 fully saturated rings. The first-order chi connectivity index (χ1) is 18.5. The Kier molecular flexibility index (Phi) is 6.95. The van der Waals surface area contributed by atoms with Gasteiger partial charge in [0.05, 0.1) is 44.8 Å². The van der Waals surface area contributed by atoms with E-state index < -0.39 is 0 Å². The van der Waals surface area contributed by atoms with Crippen LogP contribution >= 0.6 is 0 Å². The molecule has 0 atom stereocenters. The lowest BCUT2D eigenvalue weighted by Crippen LogP contribution is -2.21. The van der Waals surface area contributed by atoms with Crippen molar-refractivity contribution in [1.29, 1.82) is 0 Å². The summed E-state index contributed by atoms with van der Waals surface area (Å²) in [6, 6.07) is 19.7. The fourth-order valence-electron chi connectivity index (χ4n) is 4.44. The van der Waals surface area contributed by atoms with Crippen LogP contribution in [0.1, 0.15) is 11.3 Å². The Morgan fingerprint density at radius 3 is 2.42 bits per heavy atom. The number of ether oxygens (including phenoxy) is 3. The predicted octanol–water partition coefficient (Wildman–Crippen LogP) is 5.88. The van der Waals surface area contributed by atoms with Crippen molar-refractivity contribution >= 4 is 33.8 Å². The zero-order valence-electron chi connectivity index (χ0n) is 21.2. The standard InChI is InChI=1S/C30H26FN3O4/c1-36-25-13-18(14-26(37-2)30(25)38-3)11-12-27(35)32-17-21-16-23-22-9-4-5-10-24(22)34-29(23)28(33-21)19-7-6-8-20(31)15-19/h4-16,34H,17H2,1-3H3,(H,32,35)/b12-11+. The van der Waals surface area contributed by atoms with Crippen molar-refractivity contribution in [3.63, 3.8) is 0 Å². The fraction of sp³-hybridized carbons (Fsp3) is 0.133. The molecule has 0 bridgehead atoms. The van der Waals surface area contributed by atoms with E-state index in [0.717, 1.165) is 21.8 Å². The molecule has 0 aliphatic rings. The van der Waals surface area contributed by atoms with Gasteiger partial charge in [0, 0.05) is 27.9 Å². The van der Waals surface area contributed by atoms with E-state index in [1.165, 1.54) is 39.5 Å². The van der Waals surface area contributed by atoms with Gasteiger partial charge in [0.2, 0.25) is 11.7 Å². The Morgan fingerprint density at radius 1 is 0.947 bits per heavy atom. The summed E-state index contributed by atoms with van der Waals surface area (Å²) in [6.45, 7) is 0.191. The average Bonchev–Trinajstić information content (AvgIpc) is 3.32. The highest BCUT2D eigenvalue weighted by Gasteiger charge is 2.15. The van der Waals surface area contributed by atoms with Crippen LogP contribution in [-0.2, 0) is 11.3 Å².